The van der Waals surface area contributed by atoms with Gasteiger partial charge in [-0.25, -0.2) is 8.78 Å². The van der Waals surface area contributed by atoms with Crippen molar-refractivity contribution in [1.29, 1.82) is 0 Å². The third-order valence-corrected chi connectivity index (χ3v) is 3.74. The number of carbonyl (C=O) groups excluding carboxylic acids is 1. The van der Waals surface area contributed by atoms with E-state index < -0.39 is 13.0 Å². The molecule has 1 aromatic carbocycles. The lowest BCUT2D eigenvalue weighted by Gasteiger charge is -2.26. The van der Waals surface area contributed by atoms with E-state index in [1.807, 2.05) is 24.0 Å². The van der Waals surface area contributed by atoms with Crippen molar-refractivity contribution in [3.8, 4) is 5.75 Å². The van der Waals surface area contributed by atoms with E-state index in [0.29, 0.717) is 18.0 Å². The second-order valence-electron chi connectivity index (χ2n) is 6.04. The SMILES string of the molecule is CCCCN(CC(C)=O)c1cc2[nH]c(C)cc2cc1OCC(F)F. The monoisotopic (exact) mass is 338 g/mol. The van der Waals surface area contributed by atoms with Crippen LogP contribution in [0.2, 0.25) is 0 Å². The van der Waals surface area contributed by atoms with Gasteiger partial charge < -0.3 is 14.6 Å². The van der Waals surface area contributed by atoms with Crippen LogP contribution in [-0.2, 0) is 4.79 Å². The minimum Gasteiger partial charge on any atom is -0.485 e. The summed E-state index contributed by atoms with van der Waals surface area (Å²) < 4.78 is 30.5. The first-order chi connectivity index (χ1) is 11.4. The molecule has 0 saturated heterocycles. The number of rotatable bonds is 9. The predicted octanol–water partition coefficient (Wildman–Crippen LogP) is 4.32. The number of nitrogens with one attached hydrogen (secondary N) is 1. The Morgan fingerprint density at radius 1 is 1.33 bits per heavy atom. The summed E-state index contributed by atoms with van der Waals surface area (Å²) in [6, 6.07) is 5.58. The number of anilines is 1. The molecule has 132 valence electrons. The highest BCUT2D eigenvalue weighted by atomic mass is 19.3. The molecule has 0 aliphatic carbocycles. The highest BCUT2D eigenvalue weighted by Crippen LogP contribution is 2.34. The topological polar surface area (TPSA) is 45.3 Å². The minimum atomic E-state index is -2.54. The van der Waals surface area contributed by atoms with Crippen LogP contribution < -0.4 is 9.64 Å². The second-order valence-corrected chi connectivity index (χ2v) is 6.04. The quantitative estimate of drug-likeness (QED) is 0.741. The number of H-pyrrole nitrogens is 1. The molecule has 0 saturated carbocycles. The molecule has 0 aliphatic rings. The predicted molar refractivity (Wildman–Crippen MR) is 92.3 cm³/mol. The highest BCUT2D eigenvalue weighted by molar-refractivity contribution is 5.89. The molecule has 24 heavy (non-hydrogen) atoms. The normalized spacial score (nSPS) is 11.2. The van der Waals surface area contributed by atoms with Crippen molar-refractivity contribution >= 4 is 22.4 Å². The number of carbonyl (C=O) groups is 1. The lowest BCUT2D eigenvalue weighted by molar-refractivity contribution is -0.115. The number of Topliss-reactive ketones (excluding diaryl/α,β-unsaturated/α-hetero) is 1. The number of alkyl halides is 2. The van der Waals surface area contributed by atoms with Gasteiger partial charge in [-0.15, -0.1) is 0 Å². The molecule has 2 rings (SSSR count). The molecule has 4 nitrogen and oxygen atoms in total. The molecule has 0 unspecified atom stereocenters. The summed E-state index contributed by atoms with van der Waals surface area (Å²) in [5, 5.41) is 0.902. The summed E-state index contributed by atoms with van der Waals surface area (Å²) in [6.07, 6.45) is -0.659. The van der Waals surface area contributed by atoms with Crippen LogP contribution in [0.1, 0.15) is 32.4 Å². The van der Waals surface area contributed by atoms with E-state index in [4.69, 9.17) is 4.74 Å². The van der Waals surface area contributed by atoms with Crippen molar-refractivity contribution in [2.24, 2.45) is 0 Å². The van der Waals surface area contributed by atoms with E-state index in [0.717, 1.165) is 29.4 Å². The molecule has 1 N–H and O–H groups in total. The van der Waals surface area contributed by atoms with Crippen molar-refractivity contribution in [2.45, 2.75) is 40.0 Å². The summed E-state index contributed by atoms with van der Waals surface area (Å²) in [4.78, 5) is 16.8. The average Bonchev–Trinajstić information content (AvgIpc) is 2.87. The minimum absolute atomic E-state index is 0.0219. The summed E-state index contributed by atoms with van der Waals surface area (Å²) in [7, 11) is 0. The molecule has 0 bridgehead atoms. The van der Waals surface area contributed by atoms with Crippen LogP contribution in [0, 0.1) is 6.92 Å². The number of benzene rings is 1. The Morgan fingerprint density at radius 3 is 2.71 bits per heavy atom. The Labute approximate surface area is 140 Å². The number of aryl methyl sites for hydroxylation is 1. The number of fused-ring (bicyclic) bond motifs is 1. The Bertz CT molecular complexity index is 698. The van der Waals surface area contributed by atoms with Gasteiger partial charge in [0.2, 0.25) is 0 Å². The van der Waals surface area contributed by atoms with Crippen LogP contribution in [-0.4, -0.2) is 36.9 Å². The Hall–Kier alpha value is -2.11. The van der Waals surface area contributed by atoms with Gasteiger partial charge in [0, 0.05) is 23.1 Å². The first kappa shape index (κ1) is 18.2. The van der Waals surface area contributed by atoms with Crippen LogP contribution in [0.15, 0.2) is 18.2 Å². The number of nitrogens with zero attached hydrogens (tertiary/aromatic N) is 1. The van der Waals surface area contributed by atoms with Gasteiger partial charge in [0.15, 0.2) is 0 Å². The first-order valence-electron chi connectivity index (χ1n) is 8.19. The maximum Gasteiger partial charge on any atom is 0.272 e. The van der Waals surface area contributed by atoms with Gasteiger partial charge in [0.1, 0.15) is 18.1 Å². The van der Waals surface area contributed by atoms with Crippen molar-refractivity contribution < 1.29 is 18.3 Å². The molecule has 0 spiro atoms. The molecule has 0 amide bonds. The lowest BCUT2D eigenvalue weighted by Crippen LogP contribution is -2.30. The van der Waals surface area contributed by atoms with Gasteiger partial charge in [0.25, 0.3) is 6.43 Å². The van der Waals surface area contributed by atoms with E-state index in [1.54, 1.807) is 6.07 Å². The largest absolute Gasteiger partial charge is 0.485 e. The number of hydrogen-bond donors (Lipinski definition) is 1. The Morgan fingerprint density at radius 2 is 2.08 bits per heavy atom. The molecule has 1 aromatic heterocycles. The molecule has 0 atom stereocenters. The van der Waals surface area contributed by atoms with E-state index in [1.165, 1.54) is 6.92 Å². The fraction of sp³-hybridized carbons (Fsp3) is 0.500. The van der Waals surface area contributed by atoms with E-state index >= 15 is 0 Å². The maximum absolute atomic E-state index is 12.6. The van der Waals surface area contributed by atoms with E-state index in [-0.39, 0.29) is 12.3 Å². The van der Waals surface area contributed by atoms with Gasteiger partial charge in [-0.1, -0.05) is 13.3 Å². The van der Waals surface area contributed by atoms with Crippen molar-refractivity contribution in [2.75, 3.05) is 24.6 Å². The van der Waals surface area contributed by atoms with Crippen molar-refractivity contribution in [1.82, 2.24) is 4.98 Å². The number of aromatic amines is 1. The molecule has 2 aromatic rings. The fourth-order valence-corrected chi connectivity index (χ4v) is 2.71. The van der Waals surface area contributed by atoms with Crippen LogP contribution in [0.3, 0.4) is 0 Å². The molecule has 0 fully saturated rings. The lowest BCUT2D eigenvalue weighted by atomic mass is 10.1. The van der Waals surface area contributed by atoms with Gasteiger partial charge in [-0.3, -0.25) is 4.79 Å². The second kappa shape index (κ2) is 8.13. The molecule has 0 aliphatic heterocycles. The number of ether oxygens (including phenoxy) is 1. The standard InChI is InChI=1S/C18H24F2N2O2/c1-4-5-6-22(10-13(3)23)16-9-15-14(7-12(2)21-15)8-17(16)24-11-18(19)20/h7-9,18,21H,4-6,10-11H2,1-3H3. The van der Waals surface area contributed by atoms with Crippen molar-refractivity contribution in [3.63, 3.8) is 0 Å². The number of hydrogen-bond acceptors (Lipinski definition) is 3. The molecule has 1 heterocycles. The fourth-order valence-electron chi connectivity index (χ4n) is 2.71. The summed E-state index contributed by atoms with van der Waals surface area (Å²) >= 11 is 0. The number of halogens is 2. The smallest absolute Gasteiger partial charge is 0.272 e. The zero-order valence-electron chi connectivity index (χ0n) is 14.4. The zero-order chi connectivity index (χ0) is 17.7. The average molecular weight is 338 g/mol. The van der Waals surface area contributed by atoms with Gasteiger partial charge in [-0.2, -0.15) is 0 Å². The van der Waals surface area contributed by atoms with Gasteiger partial charge in [0.05, 0.1) is 12.2 Å². The third-order valence-electron chi connectivity index (χ3n) is 3.74. The number of ketones is 1. The highest BCUT2D eigenvalue weighted by Gasteiger charge is 2.17. The van der Waals surface area contributed by atoms with E-state index in [9.17, 15) is 13.6 Å². The Kier molecular flexibility index (Phi) is 6.17. The van der Waals surface area contributed by atoms with Crippen LogP contribution in [0.5, 0.6) is 5.75 Å². The summed E-state index contributed by atoms with van der Waals surface area (Å²) in [6.45, 7) is 5.77. The zero-order valence-corrected chi connectivity index (χ0v) is 14.4. The van der Waals surface area contributed by atoms with Crippen LogP contribution >= 0.6 is 0 Å². The van der Waals surface area contributed by atoms with Gasteiger partial charge >= 0.3 is 0 Å². The summed E-state index contributed by atoms with van der Waals surface area (Å²) in [5.74, 6) is 0.410. The van der Waals surface area contributed by atoms with Crippen LogP contribution in [0.25, 0.3) is 10.9 Å². The third kappa shape index (κ3) is 4.69. The van der Waals surface area contributed by atoms with Gasteiger partial charge in [-0.05, 0) is 38.5 Å². The number of aromatic nitrogens is 1. The first-order valence-corrected chi connectivity index (χ1v) is 8.19. The van der Waals surface area contributed by atoms with E-state index in [2.05, 4.69) is 11.9 Å². The Balaban J connectivity index is 2.44. The molecule has 0 radical (unpaired) electrons. The molecular weight excluding hydrogens is 314 g/mol. The molecular formula is C18H24F2N2O2. The number of unbranched alkanes of at least 4 members (excludes halogenated alkanes) is 1. The maximum atomic E-state index is 12.6. The molecule has 6 heteroatoms. The van der Waals surface area contributed by atoms with Crippen molar-refractivity contribution in [3.05, 3.63) is 23.9 Å². The summed E-state index contributed by atoms with van der Waals surface area (Å²) in [5.41, 5.74) is 2.55. The van der Waals surface area contributed by atoms with Crippen LogP contribution in [0.4, 0.5) is 14.5 Å².